The number of aromatic nitrogens is 2. The topological polar surface area (TPSA) is 67.9 Å². The van der Waals surface area contributed by atoms with Crippen LogP contribution in [0.5, 0.6) is 0 Å². The van der Waals surface area contributed by atoms with Gasteiger partial charge in [0.15, 0.2) is 0 Å². The largest absolute Gasteiger partial charge is 0.465 e. The zero-order valence-corrected chi connectivity index (χ0v) is 19.0. The highest BCUT2D eigenvalue weighted by Crippen LogP contribution is 2.26. The summed E-state index contributed by atoms with van der Waals surface area (Å²) in [6.07, 6.45) is 4.19. The molecular formula is C28H27N3O2. The van der Waals surface area contributed by atoms with Gasteiger partial charge in [-0.25, -0.2) is 9.78 Å². The molecule has 0 saturated carbocycles. The number of benzene rings is 3. The van der Waals surface area contributed by atoms with Gasteiger partial charge in [0.25, 0.3) is 0 Å². The fourth-order valence-corrected chi connectivity index (χ4v) is 4.21. The molecule has 3 aromatic carbocycles. The molecule has 5 nitrogen and oxygen atoms in total. The predicted octanol–water partition coefficient (Wildman–Crippen LogP) is 6.14. The van der Waals surface area contributed by atoms with Crippen LogP contribution in [0.15, 0.2) is 66.7 Å². The number of hydrogen-bond donors (Lipinski definition) is 0. The Balaban J connectivity index is 1.73. The predicted molar refractivity (Wildman–Crippen MR) is 130 cm³/mol. The molecule has 0 amide bonds. The maximum atomic E-state index is 12.5. The van der Waals surface area contributed by atoms with Crippen LogP contribution in [0.3, 0.4) is 0 Å². The quantitative estimate of drug-likeness (QED) is 0.245. The summed E-state index contributed by atoms with van der Waals surface area (Å²) in [5.74, 6) is 0.624. The minimum Gasteiger partial charge on any atom is -0.465 e. The number of ether oxygens (including phenoxy) is 1. The number of nitriles is 1. The fraction of sp³-hybridized carbons (Fsp3) is 0.250. The molecule has 4 aromatic rings. The number of esters is 1. The number of nitrogens with zero attached hydrogens (tertiary/aromatic N) is 3. The molecule has 0 aliphatic rings. The van der Waals surface area contributed by atoms with E-state index < -0.39 is 0 Å². The Kier molecular flexibility index (Phi) is 6.85. The van der Waals surface area contributed by atoms with Crippen LogP contribution >= 0.6 is 0 Å². The Morgan fingerprint density at radius 2 is 1.82 bits per heavy atom. The highest BCUT2D eigenvalue weighted by atomic mass is 16.5. The van der Waals surface area contributed by atoms with E-state index in [9.17, 15) is 10.1 Å². The number of hydrogen-bond acceptors (Lipinski definition) is 4. The third kappa shape index (κ3) is 4.65. The van der Waals surface area contributed by atoms with Crippen molar-refractivity contribution in [1.29, 1.82) is 5.26 Å². The second-order valence-corrected chi connectivity index (χ2v) is 8.09. The highest BCUT2D eigenvalue weighted by Gasteiger charge is 2.19. The van der Waals surface area contributed by atoms with Gasteiger partial charge in [-0.2, -0.15) is 5.26 Å². The van der Waals surface area contributed by atoms with Crippen molar-refractivity contribution in [2.24, 2.45) is 0 Å². The van der Waals surface area contributed by atoms with E-state index in [-0.39, 0.29) is 5.97 Å². The monoisotopic (exact) mass is 437 g/mol. The zero-order valence-electron chi connectivity index (χ0n) is 19.0. The van der Waals surface area contributed by atoms with Crippen LogP contribution in [-0.4, -0.2) is 22.6 Å². The second-order valence-electron chi connectivity index (χ2n) is 8.09. The van der Waals surface area contributed by atoms with Gasteiger partial charge < -0.3 is 9.30 Å². The van der Waals surface area contributed by atoms with E-state index in [4.69, 9.17) is 9.72 Å². The van der Waals surface area contributed by atoms with E-state index in [0.717, 1.165) is 59.2 Å². The molecular weight excluding hydrogens is 410 g/mol. The average molecular weight is 438 g/mol. The van der Waals surface area contributed by atoms with Crippen molar-refractivity contribution < 1.29 is 9.53 Å². The van der Waals surface area contributed by atoms with Crippen LogP contribution in [0.25, 0.3) is 22.2 Å². The number of para-hydroxylation sites is 1. The molecule has 166 valence electrons. The molecule has 0 unspecified atom stereocenters. The second kappa shape index (κ2) is 10.1. The summed E-state index contributed by atoms with van der Waals surface area (Å²) in [6, 6.07) is 23.7. The van der Waals surface area contributed by atoms with Crippen LogP contribution in [0.1, 0.15) is 53.5 Å². The Morgan fingerprint density at radius 1 is 1.03 bits per heavy atom. The smallest absolute Gasteiger partial charge is 0.340 e. The molecule has 5 heteroatoms. The summed E-state index contributed by atoms with van der Waals surface area (Å²) in [5.41, 5.74) is 5.84. The van der Waals surface area contributed by atoms with Gasteiger partial charge in [0.2, 0.25) is 0 Å². The van der Waals surface area contributed by atoms with Crippen LogP contribution < -0.4 is 0 Å². The summed E-state index contributed by atoms with van der Waals surface area (Å²) >= 11 is 0. The lowest BCUT2D eigenvalue weighted by Crippen LogP contribution is -2.09. The first-order valence-electron chi connectivity index (χ1n) is 11.3. The van der Waals surface area contributed by atoms with Crippen molar-refractivity contribution in [1.82, 2.24) is 9.55 Å². The average Bonchev–Trinajstić information content (AvgIpc) is 3.21. The van der Waals surface area contributed by atoms with Gasteiger partial charge in [-0.3, -0.25) is 0 Å². The first kappa shape index (κ1) is 22.3. The zero-order chi connectivity index (χ0) is 23.2. The molecule has 0 radical (unpaired) electrons. The lowest BCUT2D eigenvalue weighted by Gasteiger charge is -2.12. The third-order valence-corrected chi connectivity index (χ3v) is 5.91. The molecule has 0 spiro atoms. The molecule has 0 atom stereocenters. The van der Waals surface area contributed by atoms with Crippen molar-refractivity contribution in [2.45, 2.75) is 39.2 Å². The normalized spacial score (nSPS) is 10.8. The Bertz CT molecular complexity index is 1310. The molecule has 0 saturated heterocycles. The number of unbranched alkanes of at least 4 members (excludes halogenated alkanes) is 2. The van der Waals surface area contributed by atoms with Crippen molar-refractivity contribution in [3.8, 4) is 17.2 Å². The van der Waals surface area contributed by atoms with Gasteiger partial charge in [-0.05, 0) is 41.3 Å². The van der Waals surface area contributed by atoms with Crippen molar-refractivity contribution >= 4 is 17.0 Å². The van der Waals surface area contributed by atoms with E-state index in [0.29, 0.717) is 17.7 Å². The molecule has 1 aromatic heterocycles. The molecule has 0 bridgehead atoms. The molecule has 4 rings (SSSR count). The molecule has 0 aliphatic carbocycles. The molecule has 0 fully saturated rings. The number of rotatable bonds is 8. The van der Waals surface area contributed by atoms with Crippen LogP contribution in [-0.2, 0) is 17.7 Å². The van der Waals surface area contributed by atoms with E-state index >= 15 is 0 Å². The first-order valence-corrected chi connectivity index (χ1v) is 11.3. The molecule has 0 N–H and O–H groups in total. The van der Waals surface area contributed by atoms with E-state index in [1.807, 2.05) is 48.5 Å². The SMILES string of the molecule is CCCCCc1nc2cccc(C(=O)OC)c2n1Cc1ccc(-c2ccccc2C#N)cc1. The Labute approximate surface area is 194 Å². The van der Waals surface area contributed by atoms with Gasteiger partial charge in [-0.1, -0.05) is 68.3 Å². The standard InChI is InChI=1S/C28H27N3O2/c1-3-4-5-13-26-30-25-12-8-11-24(28(32)33-2)27(25)31(26)19-20-14-16-21(17-15-20)23-10-7-6-9-22(23)18-29/h6-12,14-17H,3-5,13,19H2,1-2H3. The van der Waals surface area contributed by atoms with Gasteiger partial charge in [0, 0.05) is 13.0 Å². The third-order valence-electron chi connectivity index (χ3n) is 5.91. The summed E-state index contributed by atoms with van der Waals surface area (Å²) in [5, 5.41) is 9.42. The summed E-state index contributed by atoms with van der Waals surface area (Å²) in [4.78, 5) is 17.3. The van der Waals surface area contributed by atoms with Gasteiger partial charge >= 0.3 is 5.97 Å². The van der Waals surface area contributed by atoms with Crippen molar-refractivity contribution in [3.05, 3.63) is 89.2 Å². The number of methoxy groups -OCH3 is 1. The van der Waals surface area contributed by atoms with Gasteiger partial charge in [-0.15, -0.1) is 0 Å². The molecule has 33 heavy (non-hydrogen) atoms. The minimum absolute atomic E-state index is 0.356. The maximum Gasteiger partial charge on any atom is 0.340 e. The summed E-state index contributed by atoms with van der Waals surface area (Å²) in [7, 11) is 1.40. The fourth-order valence-electron chi connectivity index (χ4n) is 4.21. The van der Waals surface area contributed by atoms with E-state index in [2.05, 4.69) is 29.7 Å². The number of imidazole rings is 1. The highest BCUT2D eigenvalue weighted by molar-refractivity contribution is 6.02. The number of aryl methyl sites for hydroxylation is 1. The van der Waals surface area contributed by atoms with Crippen LogP contribution in [0.4, 0.5) is 0 Å². The summed E-state index contributed by atoms with van der Waals surface area (Å²) in [6.45, 7) is 2.79. The first-order chi connectivity index (χ1) is 16.2. The van der Waals surface area contributed by atoms with Crippen LogP contribution in [0, 0.1) is 11.3 Å². The van der Waals surface area contributed by atoms with Crippen molar-refractivity contribution in [2.75, 3.05) is 7.11 Å². The lowest BCUT2D eigenvalue weighted by atomic mass is 9.99. The van der Waals surface area contributed by atoms with Gasteiger partial charge in [0.1, 0.15) is 5.82 Å². The van der Waals surface area contributed by atoms with Gasteiger partial charge in [0.05, 0.1) is 35.3 Å². The van der Waals surface area contributed by atoms with E-state index in [1.54, 1.807) is 6.07 Å². The number of fused-ring (bicyclic) bond motifs is 1. The maximum absolute atomic E-state index is 12.5. The van der Waals surface area contributed by atoms with Crippen molar-refractivity contribution in [3.63, 3.8) is 0 Å². The Morgan fingerprint density at radius 3 is 2.55 bits per heavy atom. The number of carbonyl (C=O) groups excluding carboxylic acids is 1. The molecule has 0 aliphatic heterocycles. The minimum atomic E-state index is -0.356. The molecule has 1 heterocycles. The Hall–Kier alpha value is -3.91. The lowest BCUT2D eigenvalue weighted by molar-refractivity contribution is 0.0602. The number of carbonyl (C=O) groups is 1. The summed E-state index contributed by atoms with van der Waals surface area (Å²) < 4.78 is 7.19. The van der Waals surface area contributed by atoms with E-state index in [1.165, 1.54) is 7.11 Å². The van der Waals surface area contributed by atoms with Crippen LogP contribution in [0.2, 0.25) is 0 Å².